The Labute approximate surface area is 109 Å². The Morgan fingerprint density at radius 2 is 1.72 bits per heavy atom. The Kier molecular flexibility index (Phi) is 3.64. The van der Waals surface area contributed by atoms with Crippen LogP contribution in [-0.4, -0.2) is 17.5 Å². The first-order valence-electron chi connectivity index (χ1n) is 7.31. The minimum Gasteiger partial charge on any atom is -0.296 e. The number of hydrogen-bond acceptors (Lipinski definition) is 1. The van der Waals surface area contributed by atoms with E-state index in [1.165, 1.54) is 50.6 Å². The van der Waals surface area contributed by atoms with Gasteiger partial charge in [-0.2, -0.15) is 0 Å². The Hall–Kier alpha value is -0.890. The summed E-state index contributed by atoms with van der Waals surface area (Å²) in [5.74, 6) is 0.792. The fourth-order valence-electron chi connectivity index (χ4n) is 3.75. The summed E-state index contributed by atoms with van der Waals surface area (Å²) < 4.78 is 12.9. The van der Waals surface area contributed by atoms with Gasteiger partial charge in [0.2, 0.25) is 0 Å². The highest BCUT2D eigenvalue weighted by Gasteiger charge is 2.32. The molecular formula is C16H22FN. The van der Waals surface area contributed by atoms with E-state index in [9.17, 15) is 4.39 Å². The van der Waals surface area contributed by atoms with Crippen molar-refractivity contribution in [2.24, 2.45) is 5.92 Å². The molecule has 0 N–H and O–H groups in total. The van der Waals surface area contributed by atoms with E-state index in [0.717, 1.165) is 18.5 Å². The fraction of sp³-hybridized carbons (Fsp3) is 0.625. The SMILES string of the molecule is Fc1ccc(CN2CCCC3CCCCC32)cc1. The van der Waals surface area contributed by atoms with Crippen molar-refractivity contribution in [2.45, 2.75) is 51.1 Å². The molecule has 1 saturated carbocycles. The molecule has 2 aliphatic rings. The zero-order chi connectivity index (χ0) is 12.4. The summed E-state index contributed by atoms with van der Waals surface area (Å²) in [5.41, 5.74) is 1.25. The van der Waals surface area contributed by atoms with E-state index in [-0.39, 0.29) is 5.82 Å². The number of fused-ring (bicyclic) bond motifs is 1. The fourth-order valence-corrected chi connectivity index (χ4v) is 3.75. The third kappa shape index (κ3) is 2.59. The Balaban J connectivity index is 1.69. The largest absolute Gasteiger partial charge is 0.296 e. The zero-order valence-electron chi connectivity index (χ0n) is 10.9. The summed E-state index contributed by atoms with van der Waals surface area (Å²) in [4.78, 5) is 2.64. The molecule has 98 valence electrons. The van der Waals surface area contributed by atoms with E-state index >= 15 is 0 Å². The van der Waals surface area contributed by atoms with Crippen molar-refractivity contribution >= 4 is 0 Å². The van der Waals surface area contributed by atoms with Gasteiger partial charge in [-0.1, -0.05) is 25.0 Å². The van der Waals surface area contributed by atoms with Gasteiger partial charge in [-0.05, 0) is 55.8 Å². The van der Waals surface area contributed by atoms with Crippen molar-refractivity contribution in [3.05, 3.63) is 35.6 Å². The molecule has 1 aromatic rings. The maximum absolute atomic E-state index is 12.9. The highest BCUT2D eigenvalue weighted by Crippen LogP contribution is 2.35. The van der Waals surface area contributed by atoms with Crippen LogP contribution in [0.1, 0.15) is 44.1 Å². The highest BCUT2D eigenvalue weighted by molar-refractivity contribution is 5.16. The molecule has 0 spiro atoms. The molecule has 0 aromatic heterocycles. The van der Waals surface area contributed by atoms with Gasteiger partial charge in [0, 0.05) is 12.6 Å². The average Bonchev–Trinajstić information content (AvgIpc) is 2.42. The Morgan fingerprint density at radius 3 is 2.56 bits per heavy atom. The van der Waals surface area contributed by atoms with Crippen LogP contribution in [0.15, 0.2) is 24.3 Å². The van der Waals surface area contributed by atoms with Crippen LogP contribution in [0.4, 0.5) is 4.39 Å². The molecule has 1 aliphatic heterocycles. The van der Waals surface area contributed by atoms with Gasteiger partial charge in [0.15, 0.2) is 0 Å². The molecule has 1 heterocycles. The van der Waals surface area contributed by atoms with Crippen molar-refractivity contribution in [3.63, 3.8) is 0 Å². The van der Waals surface area contributed by atoms with Crippen LogP contribution in [0.2, 0.25) is 0 Å². The molecule has 2 fully saturated rings. The monoisotopic (exact) mass is 247 g/mol. The lowest BCUT2D eigenvalue weighted by Gasteiger charge is -2.44. The Morgan fingerprint density at radius 1 is 1.00 bits per heavy atom. The second-order valence-electron chi connectivity index (χ2n) is 5.85. The van der Waals surface area contributed by atoms with Gasteiger partial charge < -0.3 is 0 Å². The van der Waals surface area contributed by atoms with Crippen molar-refractivity contribution < 1.29 is 4.39 Å². The molecule has 1 aromatic carbocycles. The summed E-state index contributed by atoms with van der Waals surface area (Å²) in [5, 5.41) is 0. The summed E-state index contributed by atoms with van der Waals surface area (Å²) in [6, 6.07) is 7.82. The van der Waals surface area contributed by atoms with Crippen molar-refractivity contribution in [1.29, 1.82) is 0 Å². The zero-order valence-corrected chi connectivity index (χ0v) is 10.9. The molecule has 1 nitrogen and oxygen atoms in total. The van der Waals surface area contributed by atoms with E-state index in [4.69, 9.17) is 0 Å². The maximum atomic E-state index is 12.9. The highest BCUT2D eigenvalue weighted by atomic mass is 19.1. The first kappa shape index (κ1) is 12.2. The van der Waals surface area contributed by atoms with E-state index in [1.807, 2.05) is 12.1 Å². The van der Waals surface area contributed by atoms with Crippen LogP contribution < -0.4 is 0 Å². The lowest BCUT2D eigenvalue weighted by Crippen LogP contribution is -2.46. The second kappa shape index (κ2) is 5.40. The van der Waals surface area contributed by atoms with Gasteiger partial charge in [0.25, 0.3) is 0 Å². The molecule has 2 heteroatoms. The maximum Gasteiger partial charge on any atom is 0.123 e. The third-order valence-corrected chi connectivity index (χ3v) is 4.66. The van der Waals surface area contributed by atoms with Gasteiger partial charge in [-0.15, -0.1) is 0 Å². The van der Waals surface area contributed by atoms with Gasteiger partial charge >= 0.3 is 0 Å². The molecule has 18 heavy (non-hydrogen) atoms. The number of benzene rings is 1. The molecule has 1 aliphatic carbocycles. The number of halogens is 1. The molecule has 0 radical (unpaired) electrons. The number of nitrogens with zero attached hydrogens (tertiary/aromatic N) is 1. The summed E-state index contributed by atoms with van der Waals surface area (Å²) in [6.45, 7) is 2.22. The van der Waals surface area contributed by atoms with Crippen LogP contribution in [-0.2, 0) is 6.54 Å². The summed E-state index contributed by atoms with van der Waals surface area (Å²) in [7, 11) is 0. The van der Waals surface area contributed by atoms with Crippen LogP contribution in [0, 0.1) is 11.7 Å². The lowest BCUT2D eigenvalue weighted by molar-refractivity contribution is 0.0547. The van der Waals surface area contributed by atoms with E-state index < -0.39 is 0 Å². The van der Waals surface area contributed by atoms with Gasteiger partial charge in [0.05, 0.1) is 0 Å². The Bertz CT molecular complexity index is 385. The van der Waals surface area contributed by atoms with E-state index in [1.54, 1.807) is 12.1 Å². The van der Waals surface area contributed by atoms with Crippen LogP contribution in [0.5, 0.6) is 0 Å². The lowest BCUT2D eigenvalue weighted by atomic mass is 9.78. The standard InChI is InChI=1S/C16H22FN/c17-15-9-7-13(8-10-15)12-18-11-3-5-14-4-1-2-6-16(14)18/h7-10,14,16H,1-6,11-12H2. The average molecular weight is 247 g/mol. The molecule has 2 atom stereocenters. The predicted molar refractivity (Wildman–Crippen MR) is 71.8 cm³/mol. The normalized spacial score (nSPS) is 28.9. The van der Waals surface area contributed by atoms with Crippen LogP contribution >= 0.6 is 0 Å². The van der Waals surface area contributed by atoms with Crippen LogP contribution in [0.25, 0.3) is 0 Å². The second-order valence-corrected chi connectivity index (χ2v) is 5.85. The molecular weight excluding hydrogens is 225 g/mol. The minimum absolute atomic E-state index is 0.132. The molecule has 0 amide bonds. The molecule has 0 bridgehead atoms. The summed E-state index contributed by atoms with van der Waals surface area (Å²) >= 11 is 0. The number of rotatable bonds is 2. The summed E-state index contributed by atoms with van der Waals surface area (Å²) in [6.07, 6.45) is 8.36. The minimum atomic E-state index is -0.132. The number of likely N-dealkylation sites (tertiary alicyclic amines) is 1. The molecule has 1 saturated heterocycles. The first-order valence-corrected chi connectivity index (χ1v) is 7.31. The van der Waals surface area contributed by atoms with Crippen molar-refractivity contribution in [1.82, 2.24) is 4.90 Å². The van der Waals surface area contributed by atoms with Gasteiger partial charge in [-0.3, -0.25) is 4.90 Å². The number of hydrogen-bond donors (Lipinski definition) is 0. The quantitative estimate of drug-likeness (QED) is 0.764. The predicted octanol–water partition coefficient (Wildman–Crippen LogP) is 3.98. The third-order valence-electron chi connectivity index (χ3n) is 4.66. The van der Waals surface area contributed by atoms with E-state index in [2.05, 4.69) is 4.90 Å². The van der Waals surface area contributed by atoms with Crippen molar-refractivity contribution in [2.75, 3.05) is 6.54 Å². The van der Waals surface area contributed by atoms with E-state index in [0.29, 0.717) is 0 Å². The first-order chi connectivity index (χ1) is 8.83. The topological polar surface area (TPSA) is 3.24 Å². The van der Waals surface area contributed by atoms with Crippen molar-refractivity contribution in [3.8, 4) is 0 Å². The molecule has 3 rings (SSSR count). The molecule has 2 unspecified atom stereocenters. The smallest absolute Gasteiger partial charge is 0.123 e. The van der Waals surface area contributed by atoms with Crippen LogP contribution in [0.3, 0.4) is 0 Å². The van der Waals surface area contributed by atoms with Gasteiger partial charge in [-0.25, -0.2) is 4.39 Å². The number of piperidine rings is 1. The van der Waals surface area contributed by atoms with Gasteiger partial charge in [0.1, 0.15) is 5.82 Å².